The number of aliphatic hydroxyl groups is 1. The van der Waals surface area contributed by atoms with E-state index in [1.807, 2.05) is 0 Å². The molecule has 0 heterocycles. The van der Waals surface area contributed by atoms with Crippen LogP contribution in [0.5, 0.6) is 0 Å². The van der Waals surface area contributed by atoms with E-state index in [2.05, 4.69) is 0 Å². The van der Waals surface area contributed by atoms with Gasteiger partial charge in [0, 0.05) is 32.4 Å². The monoisotopic (exact) mass is 317 g/mol. The summed E-state index contributed by atoms with van der Waals surface area (Å²) in [4.78, 5) is 13.6. The molecule has 0 fully saturated rings. The third kappa shape index (κ3) is 7.19. The van der Waals surface area contributed by atoms with Crippen molar-refractivity contribution in [1.29, 1.82) is 0 Å². The van der Waals surface area contributed by atoms with Gasteiger partial charge in [-0.1, -0.05) is 12.1 Å². The first-order chi connectivity index (χ1) is 9.81. The molecule has 1 N–H and O–H groups in total. The van der Waals surface area contributed by atoms with E-state index in [1.165, 1.54) is 17.0 Å². The quantitative estimate of drug-likeness (QED) is 0.775. The molecule has 0 spiro atoms. The summed E-state index contributed by atoms with van der Waals surface area (Å²) < 4.78 is 35.1. The van der Waals surface area contributed by atoms with Crippen molar-refractivity contribution in [1.82, 2.24) is 4.90 Å². The van der Waals surface area contributed by atoms with Crippen molar-refractivity contribution >= 4 is 15.7 Å². The van der Waals surface area contributed by atoms with Gasteiger partial charge in [-0.15, -0.1) is 0 Å². The first kappa shape index (κ1) is 17.6. The number of nitrogens with zero attached hydrogens (tertiary/aromatic N) is 1. The molecule has 0 aromatic heterocycles. The van der Waals surface area contributed by atoms with Crippen LogP contribution in [0.4, 0.5) is 4.39 Å². The lowest BCUT2D eigenvalue weighted by Gasteiger charge is -2.22. The van der Waals surface area contributed by atoms with Gasteiger partial charge in [-0.2, -0.15) is 0 Å². The minimum Gasteiger partial charge on any atom is -0.396 e. The molecule has 0 unspecified atom stereocenters. The average Bonchev–Trinajstić information content (AvgIpc) is 2.42. The Morgan fingerprint density at radius 2 is 1.90 bits per heavy atom. The van der Waals surface area contributed by atoms with Crippen LogP contribution in [-0.2, 0) is 21.2 Å². The number of halogens is 1. The van der Waals surface area contributed by atoms with E-state index in [0.717, 1.165) is 11.8 Å². The number of hydrogen-bond donors (Lipinski definition) is 1. The zero-order valence-electron chi connectivity index (χ0n) is 12.0. The van der Waals surface area contributed by atoms with E-state index < -0.39 is 9.84 Å². The van der Waals surface area contributed by atoms with Gasteiger partial charge < -0.3 is 10.0 Å². The van der Waals surface area contributed by atoms with Gasteiger partial charge in [-0.25, -0.2) is 12.8 Å². The van der Waals surface area contributed by atoms with Crippen LogP contribution >= 0.6 is 0 Å². The highest BCUT2D eigenvalue weighted by Gasteiger charge is 2.16. The van der Waals surface area contributed by atoms with Crippen molar-refractivity contribution < 1.29 is 22.7 Å². The molecule has 118 valence electrons. The van der Waals surface area contributed by atoms with Crippen LogP contribution in [0.1, 0.15) is 18.4 Å². The third-order valence-electron chi connectivity index (χ3n) is 2.91. The van der Waals surface area contributed by atoms with Gasteiger partial charge in [-0.05, 0) is 24.1 Å². The maximum absolute atomic E-state index is 12.9. The highest BCUT2D eigenvalue weighted by Crippen LogP contribution is 2.09. The largest absolute Gasteiger partial charge is 0.396 e. The van der Waals surface area contributed by atoms with Gasteiger partial charge in [0.05, 0.1) is 5.75 Å². The number of benzene rings is 1. The fourth-order valence-electron chi connectivity index (χ4n) is 1.79. The highest BCUT2D eigenvalue weighted by atomic mass is 32.2. The number of sulfone groups is 1. The molecule has 7 heteroatoms. The standard InChI is InChI=1S/C14H20FNO4S/c1-21(19,20)10-7-14(18)16(8-2-9-17)11-12-3-5-13(15)6-4-12/h3-6,17H,2,7-11H2,1H3. The van der Waals surface area contributed by atoms with Crippen molar-refractivity contribution in [3.8, 4) is 0 Å². The second-order valence-corrected chi connectivity index (χ2v) is 7.16. The normalized spacial score (nSPS) is 11.4. The molecular weight excluding hydrogens is 297 g/mol. The summed E-state index contributed by atoms with van der Waals surface area (Å²) in [5.41, 5.74) is 0.752. The molecule has 0 aliphatic heterocycles. The fourth-order valence-corrected chi connectivity index (χ4v) is 2.34. The summed E-state index contributed by atoms with van der Waals surface area (Å²) >= 11 is 0. The number of carbonyl (C=O) groups excluding carboxylic acids is 1. The molecule has 0 bridgehead atoms. The fraction of sp³-hybridized carbons (Fsp3) is 0.500. The van der Waals surface area contributed by atoms with Crippen molar-refractivity contribution in [2.24, 2.45) is 0 Å². The number of aliphatic hydroxyl groups excluding tert-OH is 1. The summed E-state index contributed by atoms with van der Waals surface area (Å²) in [5.74, 6) is -0.854. The lowest BCUT2D eigenvalue weighted by Crippen LogP contribution is -2.33. The Morgan fingerprint density at radius 3 is 2.43 bits per heavy atom. The Bertz CT molecular complexity index is 557. The maximum atomic E-state index is 12.9. The molecule has 21 heavy (non-hydrogen) atoms. The second kappa shape index (κ2) is 8.09. The predicted molar refractivity (Wildman–Crippen MR) is 77.8 cm³/mol. The van der Waals surface area contributed by atoms with Gasteiger partial charge in [-0.3, -0.25) is 4.79 Å². The van der Waals surface area contributed by atoms with Gasteiger partial charge in [0.1, 0.15) is 15.7 Å². The zero-order valence-corrected chi connectivity index (χ0v) is 12.8. The van der Waals surface area contributed by atoms with E-state index in [4.69, 9.17) is 5.11 Å². The average molecular weight is 317 g/mol. The smallest absolute Gasteiger partial charge is 0.223 e. The van der Waals surface area contributed by atoms with Crippen molar-refractivity contribution in [3.05, 3.63) is 35.6 Å². The van der Waals surface area contributed by atoms with Crippen LogP contribution < -0.4 is 0 Å². The van der Waals surface area contributed by atoms with Crippen LogP contribution in [-0.4, -0.2) is 49.5 Å². The molecule has 0 radical (unpaired) electrons. The van der Waals surface area contributed by atoms with Crippen LogP contribution in [0.15, 0.2) is 24.3 Å². The molecule has 1 aromatic rings. The Kier molecular flexibility index (Phi) is 6.77. The summed E-state index contributed by atoms with van der Waals surface area (Å²) in [5, 5.41) is 8.88. The van der Waals surface area contributed by atoms with E-state index in [9.17, 15) is 17.6 Å². The first-order valence-electron chi connectivity index (χ1n) is 6.62. The van der Waals surface area contributed by atoms with E-state index in [0.29, 0.717) is 13.0 Å². The second-order valence-electron chi connectivity index (χ2n) is 4.90. The van der Waals surface area contributed by atoms with Crippen LogP contribution in [0.25, 0.3) is 0 Å². The van der Waals surface area contributed by atoms with E-state index >= 15 is 0 Å². The van der Waals surface area contributed by atoms with Crippen molar-refractivity contribution in [3.63, 3.8) is 0 Å². The Labute approximate surface area is 124 Å². The number of hydrogen-bond acceptors (Lipinski definition) is 4. The van der Waals surface area contributed by atoms with Crippen LogP contribution in [0.2, 0.25) is 0 Å². The molecular formula is C14H20FNO4S. The number of carbonyl (C=O) groups is 1. The minimum absolute atomic E-state index is 0.0563. The maximum Gasteiger partial charge on any atom is 0.223 e. The van der Waals surface area contributed by atoms with E-state index in [-0.39, 0.29) is 37.0 Å². The van der Waals surface area contributed by atoms with Crippen molar-refractivity contribution in [2.45, 2.75) is 19.4 Å². The topological polar surface area (TPSA) is 74.7 Å². The molecule has 5 nitrogen and oxygen atoms in total. The SMILES string of the molecule is CS(=O)(=O)CCC(=O)N(CCCO)Cc1ccc(F)cc1. The summed E-state index contributed by atoms with van der Waals surface area (Å²) in [6.45, 7) is 0.540. The Balaban J connectivity index is 2.70. The molecule has 1 aromatic carbocycles. The Hall–Kier alpha value is -1.47. The molecule has 1 rings (SSSR count). The summed E-state index contributed by atoms with van der Waals surface area (Å²) in [7, 11) is -3.20. The molecule has 0 aliphatic rings. The molecule has 0 aliphatic carbocycles. The minimum atomic E-state index is -3.20. The predicted octanol–water partition coefficient (Wildman–Crippen LogP) is 0.971. The van der Waals surface area contributed by atoms with Gasteiger partial charge in [0.25, 0.3) is 0 Å². The molecule has 0 atom stereocenters. The van der Waals surface area contributed by atoms with Crippen LogP contribution in [0, 0.1) is 5.82 Å². The summed E-state index contributed by atoms with van der Waals surface area (Å²) in [6, 6.07) is 5.76. The van der Waals surface area contributed by atoms with E-state index in [1.54, 1.807) is 12.1 Å². The van der Waals surface area contributed by atoms with Gasteiger partial charge in [0.2, 0.25) is 5.91 Å². The van der Waals surface area contributed by atoms with Gasteiger partial charge in [0.15, 0.2) is 0 Å². The van der Waals surface area contributed by atoms with Crippen molar-refractivity contribution in [2.75, 3.05) is 25.2 Å². The lowest BCUT2D eigenvalue weighted by molar-refractivity contribution is -0.131. The first-order valence-corrected chi connectivity index (χ1v) is 8.68. The van der Waals surface area contributed by atoms with Crippen LogP contribution in [0.3, 0.4) is 0 Å². The molecule has 1 amide bonds. The number of rotatable bonds is 8. The summed E-state index contributed by atoms with van der Waals surface area (Å²) in [6.07, 6.45) is 1.40. The lowest BCUT2D eigenvalue weighted by atomic mass is 10.2. The third-order valence-corrected chi connectivity index (χ3v) is 3.86. The molecule has 0 saturated heterocycles. The molecule has 0 saturated carbocycles. The highest BCUT2D eigenvalue weighted by molar-refractivity contribution is 7.90. The number of amides is 1. The Morgan fingerprint density at radius 1 is 1.29 bits per heavy atom. The zero-order chi connectivity index (χ0) is 15.9. The van der Waals surface area contributed by atoms with Gasteiger partial charge >= 0.3 is 0 Å².